The molecule has 0 spiro atoms. The number of rotatable bonds is 14. The van der Waals surface area contributed by atoms with E-state index in [1.807, 2.05) is 121 Å². The SMILES string of the molecule is CS(=O)(=O)O[C@H]1C(=O)[C@@H](OCc2ccccc2)[C@@H](OCc2ccccc2)[C@H](OCc2ccccc2)[C@@H]1OCc1ccccc1. The van der Waals surface area contributed by atoms with E-state index in [9.17, 15) is 13.2 Å². The van der Waals surface area contributed by atoms with Crippen molar-refractivity contribution >= 4 is 15.9 Å². The molecule has 44 heavy (non-hydrogen) atoms. The van der Waals surface area contributed by atoms with Crippen LogP contribution in [0.2, 0.25) is 0 Å². The fourth-order valence-electron chi connectivity index (χ4n) is 5.10. The first-order valence-electron chi connectivity index (χ1n) is 14.4. The number of hydrogen-bond donors (Lipinski definition) is 0. The highest BCUT2D eigenvalue weighted by Crippen LogP contribution is 2.32. The average molecular weight is 617 g/mol. The lowest BCUT2D eigenvalue weighted by molar-refractivity contribution is -0.228. The molecule has 230 valence electrons. The maximum Gasteiger partial charge on any atom is 0.265 e. The minimum Gasteiger partial charge on any atom is -0.368 e. The summed E-state index contributed by atoms with van der Waals surface area (Å²) in [5.41, 5.74) is 3.45. The molecule has 0 bridgehead atoms. The number of hydrogen-bond acceptors (Lipinski definition) is 8. The third-order valence-corrected chi connectivity index (χ3v) is 7.77. The zero-order valence-electron chi connectivity index (χ0n) is 24.4. The van der Waals surface area contributed by atoms with Gasteiger partial charge in [-0.2, -0.15) is 8.42 Å². The molecule has 4 aromatic rings. The molecule has 0 N–H and O–H groups in total. The van der Waals surface area contributed by atoms with Crippen LogP contribution in [0.5, 0.6) is 0 Å². The Morgan fingerprint density at radius 3 is 1.16 bits per heavy atom. The Labute approximate surface area is 258 Å². The van der Waals surface area contributed by atoms with Crippen molar-refractivity contribution in [2.75, 3.05) is 6.26 Å². The van der Waals surface area contributed by atoms with Crippen LogP contribution < -0.4 is 0 Å². The first kappa shape index (κ1) is 31.7. The molecule has 1 aliphatic carbocycles. The van der Waals surface area contributed by atoms with Gasteiger partial charge in [0.15, 0.2) is 11.9 Å². The van der Waals surface area contributed by atoms with Crippen molar-refractivity contribution in [1.82, 2.24) is 0 Å². The normalized spacial score (nSPS) is 22.1. The minimum atomic E-state index is -4.08. The molecule has 5 rings (SSSR count). The molecule has 0 radical (unpaired) electrons. The molecule has 0 aliphatic heterocycles. The second kappa shape index (κ2) is 15.3. The molecule has 0 amide bonds. The highest BCUT2D eigenvalue weighted by Gasteiger charge is 2.55. The standard InChI is InChI=1S/C35H36O8S/c1-44(37,38)43-32-30(36)31(39-22-26-14-6-2-7-15-26)33(40-23-27-16-8-3-9-17-27)35(42-25-29-20-12-5-13-21-29)34(32)41-24-28-18-10-4-11-19-28/h2-21,31-35H,22-25H2,1H3/t31-,32+,33-,34-,35+/m1/s1. The molecule has 0 saturated heterocycles. The maximum absolute atomic E-state index is 14.2. The van der Waals surface area contributed by atoms with Gasteiger partial charge in [0.1, 0.15) is 24.4 Å². The van der Waals surface area contributed by atoms with Crippen molar-refractivity contribution in [2.45, 2.75) is 56.9 Å². The van der Waals surface area contributed by atoms with Gasteiger partial charge >= 0.3 is 0 Å². The third-order valence-electron chi connectivity index (χ3n) is 7.21. The number of Topliss-reactive ketones (excluding diaryl/α,β-unsaturated/α-hetero) is 1. The topological polar surface area (TPSA) is 97.4 Å². The van der Waals surface area contributed by atoms with Crippen LogP contribution in [0.4, 0.5) is 0 Å². The fourth-order valence-corrected chi connectivity index (χ4v) is 5.68. The zero-order valence-corrected chi connectivity index (χ0v) is 25.3. The van der Waals surface area contributed by atoms with Crippen molar-refractivity contribution in [3.05, 3.63) is 144 Å². The van der Waals surface area contributed by atoms with Crippen LogP contribution >= 0.6 is 0 Å². The number of carbonyl (C=O) groups is 1. The average Bonchev–Trinajstić information content (AvgIpc) is 3.04. The minimum absolute atomic E-state index is 0.0918. The van der Waals surface area contributed by atoms with Gasteiger partial charge < -0.3 is 18.9 Å². The molecule has 1 aliphatic rings. The highest BCUT2D eigenvalue weighted by atomic mass is 32.2. The summed E-state index contributed by atoms with van der Waals surface area (Å²) in [5.74, 6) is -0.595. The Kier molecular flexibility index (Phi) is 11.1. The third kappa shape index (κ3) is 8.92. The van der Waals surface area contributed by atoms with Crippen LogP contribution in [-0.2, 0) is 64.5 Å². The van der Waals surface area contributed by atoms with E-state index in [0.717, 1.165) is 28.5 Å². The molecule has 0 unspecified atom stereocenters. The van der Waals surface area contributed by atoms with E-state index in [0.29, 0.717) is 0 Å². The second-order valence-corrected chi connectivity index (χ2v) is 12.2. The summed E-state index contributed by atoms with van der Waals surface area (Å²) in [6.07, 6.45) is -4.83. The molecular formula is C35H36O8S. The molecule has 9 heteroatoms. The molecule has 0 heterocycles. The summed E-state index contributed by atoms with van der Waals surface area (Å²) in [7, 11) is -4.08. The lowest BCUT2D eigenvalue weighted by Gasteiger charge is -2.44. The van der Waals surface area contributed by atoms with E-state index < -0.39 is 46.4 Å². The van der Waals surface area contributed by atoms with Gasteiger partial charge in [-0.1, -0.05) is 121 Å². The largest absolute Gasteiger partial charge is 0.368 e. The van der Waals surface area contributed by atoms with Crippen LogP contribution in [0.15, 0.2) is 121 Å². The van der Waals surface area contributed by atoms with Gasteiger partial charge in [0.25, 0.3) is 10.1 Å². The Morgan fingerprint density at radius 1 is 0.477 bits per heavy atom. The number of ketones is 1. The first-order valence-corrected chi connectivity index (χ1v) is 16.2. The Balaban J connectivity index is 1.52. The van der Waals surface area contributed by atoms with Crippen molar-refractivity contribution in [1.29, 1.82) is 0 Å². The molecule has 5 atom stereocenters. The molecule has 0 aromatic heterocycles. The predicted molar refractivity (Wildman–Crippen MR) is 165 cm³/mol. The van der Waals surface area contributed by atoms with E-state index >= 15 is 0 Å². The summed E-state index contributed by atoms with van der Waals surface area (Å²) in [4.78, 5) is 14.2. The van der Waals surface area contributed by atoms with Crippen molar-refractivity contribution in [3.63, 3.8) is 0 Å². The summed E-state index contributed by atoms with van der Waals surface area (Å²) in [5, 5.41) is 0. The summed E-state index contributed by atoms with van der Waals surface area (Å²) in [6, 6.07) is 37.9. The Hall–Kier alpha value is -3.70. The van der Waals surface area contributed by atoms with Crippen molar-refractivity contribution < 1.29 is 36.3 Å². The van der Waals surface area contributed by atoms with Crippen LogP contribution in [0, 0.1) is 0 Å². The fraction of sp³-hybridized carbons (Fsp3) is 0.286. The van der Waals surface area contributed by atoms with Gasteiger partial charge in [0.05, 0.1) is 32.7 Å². The van der Waals surface area contributed by atoms with Gasteiger partial charge in [-0.3, -0.25) is 8.98 Å². The Bertz CT molecular complexity index is 1550. The molecule has 1 saturated carbocycles. The Morgan fingerprint density at radius 2 is 0.795 bits per heavy atom. The van der Waals surface area contributed by atoms with Gasteiger partial charge in [0, 0.05) is 0 Å². The van der Waals surface area contributed by atoms with Gasteiger partial charge in [-0.25, -0.2) is 0 Å². The van der Waals surface area contributed by atoms with Gasteiger partial charge in [-0.15, -0.1) is 0 Å². The van der Waals surface area contributed by atoms with Crippen LogP contribution in [0.25, 0.3) is 0 Å². The lowest BCUT2D eigenvalue weighted by atomic mass is 9.85. The maximum atomic E-state index is 14.2. The lowest BCUT2D eigenvalue weighted by Crippen LogP contribution is -2.65. The number of ether oxygens (including phenoxy) is 4. The van der Waals surface area contributed by atoms with Crippen molar-refractivity contribution in [3.8, 4) is 0 Å². The monoisotopic (exact) mass is 616 g/mol. The summed E-state index contributed by atoms with van der Waals surface area (Å²) in [6.45, 7) is 0.509. The van der Waals surface area contributed by atoms with Crippen molar-refractivity contribution in [2.24, 2.45) is 0 Å². The second-order valence-electron chi connectivity index (χ2n) is 10.6. The van der Waals surface area contributed by atoms with Crippen LogP contribution in [0.3, 0.4) is 0 Å². The summed E-state index contributed by atoms with van der Waals surface area (Å²) >= 11 is 0. The first-order chi connectivity index (χ1) is 21.4. The smallest absolute Gasteiger partial charge is 0.265 e. The number of carbonyl (C=O) groups excluding carboxylic acids is 1. The van der Waals surface area contributed by atoms with Gasteiger partial charge in [-0.05, 0) is 22.3 Å². The van der Waals surface area contributed by atoms with E-state index in [4.69, 9.17) is 23.1 Å². The van der Waals surface area contributed by atoms with E-state index in [1.54, 1.807) is 0 Å². The van der Waals surface area contributed by atoms with Crippen LogP contribution in [0.1, 0.15) is 22.3 Å². The molecule has 1 fully saturated rings. The summed E-state index contributed by atoms with van der Waals surface area (Å²) < 4.78 is 55.9. The molecular weight excluding hydrogens is 580 g/mol. The van der Waals surface area contributed by atoms with E-state index in [-0.39, 0.29) is 26.4 Å². The van der Waals surface area contributed by atoms with E-state index in [1.165, 1.54) is 0 Å². The van der Waals surface area contributed by atoms with Gasteiger partial charge in [0.2, 0.25) is 0 Å². The van der Waals surface area contributed by atoms with Crippen LogP contribution in [-0.4, -0.2) is 51.0 Å². The predicted octanol–water partition coefficient (Wildman–Crippen LogP) is 5.26. The van der Waals surface area contributed by atoms with E-state index in [2.05, 4.69) is 0 Å². The highest BCUT2D eigenvalue weighted by molar-refractivity contribution is 7.86. The molecule has 4 aromatic carbocycles. The molecule has 8 nitrogen and oxygen atoms in total. The number of benzene rings is 4. The quantitative estimate of drug-likeness (QED) is 0.177. The zero-order chi connectivity index (χ0) is 30.8.